The highest BCUT2D eigenvalue weighted by Gasteiger charge is 2.05. The van der Waals surface area contributed by atoms with Gasteiger partial charge in [0.2, 0.25) is 0 Å². The molecule has 0 aromatic rings. The van der Waals surface area contributed by atoms with Gasteiger partial charge in [0.05, 0.1) is 6.54 Å². The van der Waals surface area contributed by atoms with Gasteiger partial charge < -0.3 is 4.90 Å². The van der Waals surface area contributed by atoms with E-state index >= 15 is 0 Å². The van der Waals surface area contributed by atoms with Crippen molar-refractivity contribution in [1.82, 2.24) is 9.80 Å². The lowest BCUT2D eigenvalue weighted by molar-refractivity contribution is -0.118. The molecule has 0 radical (unpaired) electrons. The molecule has 0 N–H and O–H groups in total. The first-order chi connectivity index (χ1) is 7.13. The van der Waals surface area contributed by atoms with Crippen molar-refractivity contribution in [1.29, 1.82) is 0 Å². The van der Waals surface area contributed by atoms with Crippen LogP contribution in [-0.4, -0.2) is 54.9 Å². The Morgan fingerprint density at radius 1 is 0.933 bits per heavy atom. The van der Waals surface area contributed by atoms with Crippen LogP contribution in [0.5, 0.6) is 0 Å². The topological polar surface area (TPSA) is 23.6 Å². The molecule has 0 saturated heterocycles. The summed E-state index contributed by atoms with van der Waals surface area (Å²) in [6, 6.07) is 0. The first-order valence-electron chi connectivity index (χ1n) is 6.08. The van der Waals surface area contributed by atoms with Gasteiger partial charge in [-0.25, -0.2) is 0 Å². The summed E-state index contributed by atoms with van der Waals surface area (Å²) in [6.07, 6.45) is 1.16. The Morgan fingerprint density at radius 2 is 1.40 bits per heavy atom. The second-order valence-corrected chi connectivity index (χ2v) is 3.95. The molecule has 0 aliphatic heterocycles. The maximum atomic E-state index is 11.0. The van der Waals surface area contributed by atoms with E-state index in [1.54, 1.807) is 6.92 Å². The third-order valence-electron chi connectivity index (χ3n) is 2.74. The molecule has 0 fully saturated rings. The number of ketones is 1. The largest absolute Gasteiger partial charge is 0.304 e. The molecule has 0 aliphatic carbocycles. The van der Waals surface area contributed by atoms with E-state index in [4.69, 9.17) is 0 Å². The number of carbonyl (C=O) groups excluding carboxylic acids is 1. The van der Waals surface area contributed by atoms with Crippen LogP contribution in [0.15, 0.2) is 0 Å². The fourth-order valence-electron chi connectivity index (χ4n) is 1.72. The maximum absolute atomic E-state index is 11.0. The average molecular weight is 214 g/mol. The highest BCUT2D eigenvalue weighted by molar-refractivity contribution is 5.77. The van der Waals surface area contributed by atoms with Gasteiger partial charge in [0, 0.05) is 0 Å². The predicted molar refractivity (Wildman–Crippen MR) is 65.2 cm³/mol. The molecule has 0 heterocycles. The number of hydrogen-bond donors (Lipinski definition) is 0. The van der Waals surface area contributed by atoms with E-state index < -0.39 is 0 Å². The third-order valence-corrected chi connectivity index (χ3v) is 2.74. The van der Waals surface area contributed by atoms with Gasteiger partial charge >= 0.3 is 0 Å². The molecule has 3 heteroatoms. The van der Waals surface area contributed by atoms with E-state index in [0.717, 1.165) is 39.1 Å². The van der Waals surface area contributed by atoms with Gasteiger partial charge in [0.25, 0.3) is 0 Å². The zero-order valence-electron chi connectivity index (χ0n) is 10.8. The summed E-state index contributed by atoms with van der Waals surface area (Å²) in [5.41, 5.74) is 0. The maximum Gasteiger partial charge on any atom is 0.143 e. The molecule has 0 bridgehead atoms. The molecule has 0 atom stereocenters. The van der Waals surface area contributed by atoms with Crippen LogP contribution in [-0.2, 0) is 4.79 Å². The second kappa shape index (κ2) is 8.86. The van der Waals surface area contributed by atoms with E-state index in [9.17, 15) is 4.79 Å². The molecular formula is C12H26N2O. The minimum Gasteiger partial charge on any atom is -0.304 e. The fraction of sp³-hybridized carbons (Fsp3) is 0.917. The summed E-state index contributed by atoms with van der Waals surface area (Å²) in [5.74, 6) is 0.264. The quantitative estimate of drug-likeness (QED) is 0.583. The molecule has 0 saturated carbocycles. The van der Waals surface area contributed by atoms with Crippen LogP contribution < -0.4 is 0 Å². The molecule has 3 nitrogen and oxygen atoms in total. The lowest BCUT2D eigenvalue weighted by Crippen LogP contribution is -2.32. The Labute approximate surface area is 94.4 Å². The minimum absolute atomic E-state index is 0.264. The monoisotopic (exact) mass is 214 g/mol. The van der Waals surface area contributed by atoms with Crippen molar-refractivity contribution in [3.8, 4) is 0 Å². The highest BCUT2D eigenvalue weighted by Crippen LogP contribution is 1.95. The number of Topliss-reactive ketones (excluding diaryl/α,β-unsaturated/α-hetero) is 1. The normalized spacial score (nSPS) is 11.3. The Kier molecular flexibility index (Phi) is 8.62. The van der Waals surface area contributed by atoms with Gasteiger partial charge in [-0.2, -0.15) is 0 Å². The number of likely N-dealkylation sites (N-methyl/N-ethyl adjacent to an activating group) is 1. The van der Waals surface area contributed by atoms with Crippen LogP contribution in [0.3, 0.4) is 0 Å². The van der Waals surface area contributed by atoms with Crippen LogP contribution in [0.1, 0.15) is 34.1 Å². The first-order valence-corrected chi connectivity index (χ1v) is 6.08. The summed E-state index contributed by atoms with van der Waals surface area (Å²) < 4.78 is 0. The smallest absolute Gasteiger partial charge is 0.143 e. The molecule has 90 valence electrons. The molecular weight excluding hydrogens is 188 g/mol. The van der Waals surface area contributed by atoms with Gasteiger partial charge in [-0.15, -0.1) is 0 Å². The predicted octanol–water partition coefficient (Wildman–Crippen LogP) is 1.63. The van der Waals surface area contributed by atoms with Crippen LogP contribution in [0.25, 0.3) is 0 Å². The number of nitrogens with zero attached hydrogens (tertiary/aromatic N) is 2. The summed E-state index contributed by atoms with van der Waals surface area (Å²) in [5, 5.41) is 0. The molecule has 0 aromatic heterocycles. The van der Waals surface area contributed by atoms with Crippen molar-refractivity contribution < 1.29 is 4.79 Å². The second-order valence-electron chi connectivity index (χ2n) is 3.95. The van der Waals surface area contributed by atoms with Gasteiger partial charge in [0.15, 0.2) is 0 Å². The molecule has 0 amide bonds. The summed E-state index contributed by atoms with van der Waals surface area (Å²) in [7, 11) is 0. The summed E-state index contributed by atoms with van der Waals surface area (Å²) >= 11 is 0. The van der Waals surface area contributed by atoms with Gasteiger partial charge in [-0.1, -0.05) is 20.8 Å². The molecule has 0 aliphatic rings. The molecule has 0 rings (SSSR count). The number of hydrogen-bond acceptors (Lipinski definition) is 3. The SMILES string of the molecule is CCN(CC)CCCN(CC)CC(C)=O. The summed E-state index contributed by atoms with van der Waals surface area (Å²) in [4.78, 5) is 15.6. The van der Waals surface area contributed by atoms with Crippen molar-refractivity contribution in [2.45, 2.75) is 34.1 Å². The average Bonchev–Trinajstić information content (AvgIpc) is 2.22. The summed E-state index contributed by atoms with van der Waals surface area (Å²) in [6.45, 7) is 14.1. The van der Waals surface area contributed by atoms with Crippen LogP contribution >= 0.6 is 0 Å². The van der Waals surface area contributed by atoms with Crippen LogP contribution in [0.4, 0.5) is 0 Å². The highest BCUT2D eigenvalue weighted by atomic mass is 16.1. The Bertz CT molecular complexity index is 167. The molecule has 0 aromatic carbocycles. The van der Waals surface area contributed by atoms with E-state index in [1.165, 1.54) is 0 Å². The van der Waals surface area contributed by atoms with Crippen molar-refractivity contribution >= 4 is 5.78 Å². The van der Waals surface area contributed by atoms with Crippen molar-refractivity contribution in [3.05, 3.63) is 0 Å². The fourth-order valence-corrected chi connectivity index (χ4v) is 1.72. The molecule has 15 heavy (non-hydrogen) atoms. The van der Waals surface area contributed by atoms with Crippen molar-refractivity contribution in [2.75, 3.05) is 39.3 Å². The molecule has 0 unspecified atom stereocenters. The number of rotatable bonds is 9. The number of carbonyl (C=O) groups is 1. The Hall–Kier alpha value is -0.410. The van der Waals surface area contributed by atoms with Gasteiger partial charge in [0.1, 0.15) is 5.78 Å². The Balaban J connectivity index is 3.66. The lowest BCUT2D eigenvalue weighted by atomic mass is 10.3. The lowest BCUT2D eigenvalue weighted by Gasteiger charge is -2.22. The van der Waals surface area contributed by atoms with Crippen LogP contribution in [0, 0.1) is 0 Å². The zero-order chi connectivity index (χ0) is 11.7. The van der Waals surface area contributed by atoms with Crippen molar-refractivity contribution in [3.63, 3.8) is 0 Å². The van der Waals surface area contributed by atoms with Crippen LogP contribution in [0.2, 0.25) is 0 Å². The van der Waals surface area contributed by atoms with E-state index in [-0.39, 0.29) is 5.78 Å². The van der Waals surface area contributed by atoms with E-state index in [1.807, 2.05) is 0 Å². The third kappa shape index (κ3) is 7.51. The Morgan fingerprint density at radius 3 is 1.80 bits per heavy atom. The first kappa shape index (κ1) is 14.6. The zero-order valence-corrected chi connectivity index (χ0v) is 10.8. The van der Waals surface area contributed by atoms with E-state index in [2.05, 4.69) is 30.6 Å². The van der Waals surface area contributed by atoms with E-state index in [0.29, 0.717) is 6.54 Å². The minimum atomic E-state index is 0.264. The standard InChI is InChI=1S/C12H26N2O/c1-5-13(6-2)9-8-10-14(7-3)11-12(4)15/h5-11H2,1-4H3. The van der Waals surface area contributed by atoms with Gasteiger partial charge in [-0.05, 0) is 46.1 Å². The van der Waals surface area contributed by atoms with Gasteiger partial charge in [-0.3, -0.25) is 9.69 Å². The molecule has 0 spiro atoms. The van der Waals surface area contributed by atoms with Crippen molar-refractivity contribution in [2.24, 2.45) is 0 Å².